The fourth-order valence-corrected chi connectivity index (χ4v) is 3.12. The smallest absolute Gasteiger partial charge is 0.126 e. The van der Waals surface area contributed by atoms with Crippen molar-refractivity contribution in [1.82, 2.24) is 5.43 Å². The molecule has 0 heterocycles. The van der Waals surface area contributed by atoms with Gasteiger partial charge in [-0.05, 0) is 42.2 Å². The maximum absolute atomic E-state index is 13.9. The average molecular weight is 351 g/mol. The Labute approximate surface area is 133 Å². The van der Waals surface area contributed by atoms with E-state index in [2.05, 4.69) is 40.4 Å². The quantitative estimate of drug-likeness (QED) is 0.606. The fraction of sp³-hybridized carbons (Fsp3) is 0.294. The normalized spacial score (nSPS) is 13.9. The molecule has 0 aliphatic carbocycles. The molecule has 2 aromatic rings. The minimum Gasteiger partial charge on any atom is -0.271 e. The van der Waals surface area contributed by atoms with Gasteiger partial charge >= 0.3 is 0 Å². The first-order chi connectivity index (χ1) is 10.2. The van der Waals surface area contributed by atoms with Crippen molar-refractivity contribution in [3.63, 3.8) is 0 Å². The van der Waals surface area contributed by atoms with E-state index in [9.17, 15) is 4.39 Å². The molecule has 0 amide bonds. The molecule has 2 unspecified atom stereocenters. The Morgan fingerprint density at radius 3 is 2.52 bits per heavy atom. The maximum Gasteiger partial charge on any atom is 0.126 e. The zero-order valence-electron chi connectivity index (χ0n) is 12.0. The van der Waals surface area contributed by atoms with Crippen LogP contribution in [0.4, 0.5) is 4.39 Å². The molecular weight excluding hydrogens is 331 g/mol. The molecule has 4 heteroatoms. The fourth-order valence-electron chi connectivity index (χ4n) is 2.71. The molecule has 2 aromatic carbocycles. The summed E-state index contributed by atoms with van der Waals surface area (Å²) in [6.07, 6.45) is 1.49. The van der Waals surface area contributed by atoms with Crippen LogP contribution in [0.2, 0.25) is 0 Å². The van der Waals surface area contributed by atoms with Crippen LogP contribution in [0.3, 0.4) is 0 Å². The van der Waals surface area contributed by atoms with E-state index in [-0.39, 0.29) is 17.8 Å². The van der Waals surface area contributed by atoms with Crippen molar-refractivity contribution >= 4 is 15.9 Å². The second-order valence-corrected chi connectivity index (χ2v) is 6.05. The highest BCUT2D eigenvalue weighted by atomic mass is 79.9. The Bertz CT molecular complexity index is 574. The average Bonchev–Trinajstić information content (AvgIpc) is 2.51. The Balaban J connectivity index is 2.24. The topological polar surface area (TPSA) is 38.0 Å². The monoisotopic (exact) mass is 350 g/mol. The molecule has 0 saturated heterocycles. The van der Waals surface area contributed by atoms with Gasteiger partial charge in [-0.25, -0.2) is 4.39 Å². The van der Waals surface area contributed by atoms with Crippen molar-refractivity contribution in [2.24, 2.45) is 5.84 Å². The number of nitrogens with two attached hydrogens (primary N) is 1. The standard InChI is InChI=1S/C17H20BrFN2/c1-2-15(12-6-4-3-5-7-12)17(21-20)11-13-10-14(18)8-9-16(13)19/h3-10,15,17,21H,2,11,20H2,1H3. The lowest BCUT2D eigenvalue weighted by Crippen LogP contribution is -2.41. The van der Waals surface area contributed by atoms with Gasteiger partial charge in [0.05, 0.1) is 0 Å². The Hall–Kier alpha value is -1.23. The van der Waals surface area contributed by atoms with Crippen molar-refractivity contribution < 1.29 is 4.39 Å². The van der Waals surface area contributed by atoms with Gasteiger partial charge < -0.3 is 0 Å². The van der Waals surface area contributed by atoms with E-state index in [1.807, 2.05) is 24.3 Å². The second kappa shape index (κ2) is 7.69. The van der Waals surface area contributed by atoms with E-state index in [1.165, 1.54) is 11.6 Å². The molecule has 0 bridgehead atoms. The van der Waals surface area contributed by atoms with Crippen LogP contribution in [0.5, 0.6) is 0 Å². The van der Waals surface area contributed by atoms with Crippen LogP contribution >= 0.6 is 15.9 Å². The van der Waals surface area contributed by atoms with Crippen LogP contribution in [0, 0.1) is 5.82 Å². The number of halogens is 2. The number of rotatable bonds is 6. The first-order valence-electron chi connectivity index (χ1n) is 7.10. The van der Waals surface area contributed by atoms with Gasteiger partial charge in [0, 0.05) is 16.4 Å². The van der Waals surface area contributed by atoms with Crippen LogP contribution in [-0.2, 0) is 6.42 Å². The summed E-state index contributed by atoms with van der Waals surface area (Å²) in [5.74, 6) is 5.79. The molecule has 112 valence electrons. The zero-order chi connectivity index (χ0) is 15.2. The molecule has 2 nitrogen and oxygen atoms in total. The molecule has 21 heavy (non-hydrogen) atoms. The highest BCUT2D eigenvalue weighted by molar-refractivity contribution is 9.10. The van der Waals surface area contributed by atoms with Crippen LogP contribution in [-0.4, -0.2) is 6.04 Å². The van der Waals surface area contributed by atoms with Crippen LogP contribution in [0.15, 0.2) is 53.0 Å². The highest BCUT2D eigenvalue weighted by Crippen LogP contribution is 2.26. The Morgan fingerprint density at radius 1 is 1.19 bits per heavy atom. The minimum atomic E-state index is -0.193. The van der Waals surface area contributed by atoms with Crippen molar-refractivity contribution in [2.75, 3.05) is 0 Å². The Kier molecular flexibility index (Phi) is 5.91. The van der Waals surface area contributed by atoms with Gasteiger partial charge in [-0.15, -0.1) is 0 Å². The van der Waals surface area contributed by atoms with Crippen LogP contribution < -0.4 is 11.3 Å². The van der Waals surface area contributed by atoms with Crippen molar-refractivity contribution in [2.45, 2.75) is 31.7 Å². The van der Waals surface area contributed by atoms with E-state index in [0.717, 1.165) is 10.9 Å². The van der Waals surface area contributed by atoms with Gasteiger partial charge in [-0.2, -0.15) is 0 Å². The first kappa shape index (κ1) is 16.1. The van der Waals surface area contributed by atoms with E-state index < -0.39 is 0 Å². The summed E-state index contributed by atoms with van der Waals surface area (Å²) in [7, 11) is 0. The zero-order valence-corrected chi connectivity index (χ0v) is 13.6. The second-order valence-electron chi connectivity index (χ2n) is 5.14. The number of benzene rings is 2. The van der Waals surface area contributed by atoms with Gasteiger partial charge in [0.15, 0.2) is 0 Å². The molecular formula is C17H20BrFN2. The summed E-state index contributed by atoms with van der Waals surface area (Å²) in [6.45, 7) is 2.12. The van der Waals surface area contributed by atoms with Crippen molar-refractivity contribution in [3.8, 4) is 0 Å². The summed E-state index contributed by atoms with van der Waals surface area (Å²) < 4.78 is 14.8. The molecule has 0 saturated carbocycles. The molecule has 3 N–H and O–H groups in total. The number of hydrogen-bond acceptors (Lipinski definition) is 2. The molecule has 2 rings (SSSR count). The van der Waals surface area contributed by atoms with Gasteiger partial charge in [0.2, 0.25) is 0 Å². The van der Waals surface area contributed by atoms with Crippen LogP contribution in [0.25, 0.3) is 0 Å². The summed E-state index contributed by atoms with van der Waals surface area (Å²) in [6, 6.07) is 15.2. The molecule has 0 aliphatic heterocycles. The molecule has 0 spiro atoms. The third kappa shape index (κ3) is 4.13. The lowest BCUT2D eigenvalue weighted by Gasteiger charge is -2.26. The summed E-state index contributed by atoms with van der Waals surface area (Å²) in [4.78, 5) is 0. The largest absolute Gasteiger partial charge is 0.271 e. The molecule has 0 aromatic heterocycles. The van der Waals surface area contributed by atoms with E-state index in [4.69, 9.17) is 5.84 Å². The lowest BCUT2D eigenvalue weighted by atomic mass is 9.86. The first-order valence-corrected chi connectivity index (χ1v) is 7.90. The maximum atomic E-state index is 13.9. The summed E-state index contributed by atoms with van der Waals surface area (Å²) in [5, 5.41) is 0. The molecule has 0 aliphatic rings. The highest BCUT2D eigenvalue weighted by Gasteiger charge is 2.22. The van der Waals surface area contributed by atoms with Gasteiger partial charge in [-0.1, -0.05) is 53.2 Å². The third-order valence-corrected chi connectivity index (χ3v) is 4.31. The predicted octanol–water partition coefficient (Wildman–Crippen LogP) is 4.16. The van der Waals surface area contributed by atoms with E-state index >= 15 is 0 Å². The minimum absolute atomic E-state index is 0.0128. The Morgan fingerprint density at radius 2 is 1.90 bits per heavy atom. The molecule has 0 radical (unpaired) electrons. The number of hydrazine groups is 1. The molecule has 0 fully saturated rings. The number of hydrogen-bond donors (Lipinski definition) is 2. The van der Waals surface area contributed by atoms with Gasteiger partial charge in [-0.3, -0.25) is 11.3 Å². The SMILES string of the molecule is CCC(c1ccccc1)C(Cc1cc(Br)ccc1F)NN. The van der Waals surface area contributed by atoms with Crippen molar-refractivity contribution in [1.29, 1.82) is 0 Å². The summed E-state index contributed by atoms with van der Waals surface area (Å²) >= 11 is 3.39. The van der Waals surface area contributed by atoms with Gasteiger partial charge in [0.25, 0.3) is 0 Å². The van der Waals surface area contributed by atoms with E-state index in [0.29, 0.717) is 12.0 Å². The predicted molar refractivity (Wildman–Crippen MR) is 88.4 cm³/mol. The third-order valence-electron chi connectivity index (χ3n) is 3.81. The number of nitrogens with one attached hydrogen (secondary N) is 1. The van der Waals surface area contributed by atoms with Crippen molar-refractivity contribution in [3.05, 3.63) is 69.9 Å². The van der Waals surface area contributed by atoms with Crippen LogP contribution in [0.1, 0.15) is 30.4 Å². The lowest BCUT2D eigenvalue weighted by molar-refractivity contribution is 0.421. The summed E-state index contributed by atoms with van der Waals surface area (Å²) in [5.41, 5.74) is 4.75. The van der Waals surface area contributed by atoms with Gasteiger partial charge in [0.1, 0.15) is 5.82 Å². The van der Waals surface area contributed by atoms with E-state index in [1.54, 1.807) is 6.07 Å². The molecule has 2 atom stereocenters.